The first-order valence-corrected chi connectivity index (χ1v) is 9.03. The number of methoxy groups -OCH3 is 2. The average molecular weight is 394 g/mol. The van der Waals surface area contributed by atoms with Gasteiger partial charge in [-0.05, 0) is 47.5 Å². The second-order valence-corrected chi connectivity index (χ2v) is 6.13. The lowest BCUT2D eigenvalue weighted by Crippen LogP contribution is -2.00. The van der Waals surface area contributed by atoms with Gasteiger partial charge in [0.15, 0.2) is 11.4 Å². The van der Waals surface area contributed by atoms with E-state index in [0.29, 0.717) is 11.4 Å². The summed E-state index contributed by atoms with van der Waals surface area (Å²) in [5, 5.41) is 18.6. The van der Waals surface area contributed by atoms with Crippen LogP contribution in [0.4, 0.5) is 0 Å². The second-order valence-electron chi connectivity index (χ2n) is 6.13. The van der Waals surface area contributed by atoms with Crippen molar-refractivity contribution in [3.8, 4) is 23.6 Å². The van der Waals surface area contributed by atoms with Crippen LogP contribution in [0.25, 0.3) is 24.3 Å². The molecule has 0 radical (unpaired) electrons. The van der Waals surface area contributed by atoms with Crippen LogP contribution in [0.15, 0.2) is 48.5 Å². The summed E-state index contributed by atoms with van der Waals surface area (Å²) in [6, 6.07) is 18.9. The lowest BCUT2D eigenvalue weighted by Gasteiger charge is -2.04. The van der Waals surface area contributed by atoms with Crippen LogP contribution in [-0.2, 0) is 0 Å². The molecule has 3 rings (SSSR count). The van der Waals surface area contributed by atoms with Crippen LogP contribution in [0.1, 0.15) is 33.9 Å². The fourth-order valence-electron chi connectivity index (χ4n) is 2.64. The van der Waals surface area contributed by atoms with E-state index in [1.165, 1.54) is 0 Å². The lowest BCUT2D eigenvalue weighted by molar-refractivity contribution is 0.414. The highest BCUT2D eigenvalue weighted by Crippen LogP contribution is 2.18. The Morgan fingerprint density at radius 2 is 1.00 bits per heavy atom. The number of nitrogens with zero attached hydrogens (tertiary/aromatic N) is 4. The molecule has 0 bridgehead atoms. The van der Waals surface area contributed by atoms with E-state index in [9.17, 15) is 10.5 Å². The van der Waals surface area contributed by atoms with Gasteiger partial charge in [-0.1, -0.05) is 36.4 Å². The molecule has 6 nitrogen and oxygen atoms in total. The standard InChI is InChI=1S/C24H18N4O2/c1-29-19-9-3-17(4-10-19)7-13-21-22(28-24(16-26)23(15-25)27-21)14-8-18-5-11-20(30-2)12-6-18/h3-14H,1-2H3/b13-7+,14-8+. The quantitative estimate of drug-likeness (QED) is 0.608. The largest absolute Gasteiger partial charge is 0.497 e. The Morgan fingerprint density at radius 3 is 1.30 bits per heavy atom. The molecule has 1 heterocycles. The third-order valence-electron chi connectivity index (χ3n) is 4.26. The Kier molecular flexibility index (Phi) is 6.55. The highest BCUT2D eigenvalue weighted by atomic mass is 16.5. The fourth-order valence-corrected chi connectivity index (χ4v) is 2.64. The predicted octanol–water partition coefficient (Wildman–Crippen LogP) is 4.58. The van der Waals surface area contributed by atoms with Crippen molar-refractivity contribution < 1.29 is 9.47 Å². The molecule has 0 saturated carbocycles. The van der Waals surface area contributed by atoms with E-state index in [1.807, 2.05) is 72.8 Å². The van der Waals surface area contributed by atoms with E-state index in [1.54, 1.807) is 26.4 Å². The van der Waals surface area contributed by atoms with Gasteiger partial charge in [-0.25, -0.2) is 9.97 Å². The van der Waals surface area contributed by atoms with Crippen molar-refractivity contribution in [2.45, 2.75) is 0 Å². The van der Waals surface area contributed by atoms with E-state index in [-0.39, 0.29) is 11.4 Å². The fraction of sp³-hybridized carbons (Fsp3) is 0.0833. The van der Waals surface area contributed by atoms with Gasteiger partial charge in [0.25, 0.3) is 0 Å². The van der Waals surface area contributed by atoms with Crippen molar-refractivity contribution >= 4 is 24.3 Å². The third-order valence-corrected chi connectivity index (χ3v) is 4.26. The van der Waals surface area contributed by atoms with Crippen LogP contribution >= 0.6 is 0 Å². The van der Waals surface area contributed by atoms with Crippen molar-refractivity contribution in [2.24, 2.45) is 0 Å². The molecule has 146 valence electrons. The smallest absolute Gasteiger partial charge is 0.177 e. The number of rotatable bonds is 6. The van der Waals surface area contributed by atoms with Crippen LogP contribution in [0.3, 0.4) is 0 Å². The van der Waals surface area contributed by atoms with Crippen molar-refractivity contribution in [3.63, 3.8) is 0 Å². The minimum atomic E-state index is -0.00604. The molecule has 30 heavy (non-hydrogen) atoms. The van der Waals surface area contributed by atoms with Crippen molar-refractivity contribution in [2.75, 3.05) is 14.2 Å². The zero-order chi connectivity index (χ0) is 21.3. The minimum absolute atomic E-state index is 0.00604. The van der Waals surface area contributed by atoms with E-state index < -0.39 is 0 Å². The van der Waals surface area contributed by atoms with Crippen molar-refractivity contribution in [3.05, 3.63) is 82.4 Å². The van der Waals surface area contributed by atoms with Crippen molar-refractivity contribution in [1.82, 2.24) is 9.97 Å². The van der Waals surface area contributed by atoms with E-state index >= 15 is 0 Å². The zero-order valence-corrected chi connectivity index (χ0v) is 16.5. The molecule has 0 spiro atoms. The SMILES string of the molecule is COc1ccc(/C=C/c2nc(C#N)c(C#N)nc2/C=C/c2ccc(OC)cc2)cc1. The number of aromatic nitrogens is 2. The monoisotopic (exact) mass is 394 g/mol. The molecule has 0 atom stereocenters. The van der Waals surface area contributed by atoms with Gasteiger partial charge in [0.1, 0.15) is 23.6 Å². The van der Waals surface area contributed by atoms with Gasteiger partial charge in [-0.3, -0.25) is 0 Å². The highest BCUT2D eigenvalue weighted by molar-refractivity contribution is 5.77. The summed E-state index contributed by atoms with van der Waals surface area (Å²) >= 11 is 0. The van der Waals surface area contributed by atoms with E-state index in [0.717, 1.165) is 22.6 Å². The molecule has 3 aromatic rings. The van der Waals surface area contributed by atoms with Gasteiger partial charge >= 0.3 is 0 Å². The summed E-state index contributed by atoms with van der Waals surface area (Å²) in [4.78, 5) is 8.64. The molecule has 2 aromatic carbocycles. The lowest BCUT2D eigenvalue weighted by atomic mass is 10.1. The third kappa shape index (κ3) is 4.89. The van der Waals surface area contributed by atoms with Gasteiger partial charge in [0.2, 0.25) is 0 Å². The molecule has 0 unspecified atom stereocenters. The summed E-state index contributed by atoms with van der Waals surface area (Å²) in [6.45, 7) is 0. The average Bonchev–Trinajstić information content (AvgIpc) is 2.81. The molecule has 6 heteroatoms. The molecular formula is C24H18N4O2. The van der Waals surface area contributed by atoms with Crippen LogP contribution in [0.2, 0.25) is 0 Å². The summed E-state index contributed by atoms with van der Waals surface area (Å²) in [5.41, 5.74) is 2.84. The Bertz CT molecular complexity index is 1070. The first kappa shape index (κ1) is 20.3. The second kappa shape index (κ2) is 9.68. The first-order chi connectivity index (χ1) is 14.7. The highest BCUT2D eigenvalue weighted by Gasteiger charge is 2.10. The first-order valence-electron chi connectivity index (χ1n) is 9.03. The maximum Gasteiger partial charge on any atom is 0.177 e. The molecule has 0 saturated heterocycles. The molecule has 0 fully saturated rings. The molecule has 0 aliphatic rings. The summed E-state index contributed by atoms with van der Waals surface area (Å²) in [7, 11) is 3.23. The molecule has 0 aliphatic heterocycles. The van der Waals surface area contributed by atoms with E-state index in [4.69, 9.17) is 9.47 Å². The van der Waals surface area contributed by atoms with Crippen LogP contribution in [0.5, 0.6) is 11.5 Å². The predicted molar refractivity (Wildman–Crippen MR) is 115 cm³/mol. The number of ether oxygens (including phenoxy) is 2. The van der Waals surface area contributed by atoms with E-state index in [2.05, 4.69) is 9.97 Å². The molecule has 0 aliphatic carbocycles. The van der Waals surface area contributed by atoms with Crippen molar-refractivity contribution in [1.29, 1.82) is 10.5 Å². The Morgan fingerprint density at radius 1 is 0.633 bits per heavy atom. The summed E-state index contributed by atoms with van der Waals surface area (Å²) in [6.07, 6.45) is 7.26. The van der Waals surface area contributed by atoms with Gasteiger partial charge < -0.3 is 9.47 Å². The van der Waals surface area contributed by atoms with Gasteiger partial charge in [-0.2, -0.15) is 10.5 Å². The van der Waals surface area contributed by atoms with Crippen LogP contribution in [-0.4, -0.2) is 24.2 Å². The maximum atomic E-state index is 9.29. The summed E-state index contributed by atoms with van der Waals surface area (Å²) < 4.78 is 10.3. The topological polar surface area (TPSA) is 91.8 Å². The molecule has 1 aromatic heterocycles. The van der Waals surface area contributed by atoms with Crippen LogP contribution < -0.4 is 9.47 Å². The van der Waals surface area contributed by atoms with Crippen LogP contribution in [0, 0.1) is 22.7 Å². The van der Waals surface area contributed by atoms with Gasteiger partial charge in [-0.15, -0.1) is 0 Å². The number of benzene rings is 2. The molecular weight excluding hydrogens is 376 g/mol. The Hall–Kier alpha value is -4.42. The molecule has 0 N–H and O–H groups in total. The zero-order valence-electron chi connectivity index (χ0n) is 16.5. The maximum absolute atomic E-state index is 9.29. The summed E-state index contributed by atoms with van der Waals surface area (Å²) in [5.74, 6) is 1.53. The van der Waals surface area contributed by atoms with Gasteiger partial charge in [0, 0.05) is 0 Å². The Labute approximate surface area is 175 Å². The minimum Gasteiger partial charge on any atom is -0.497 e. The number of hydrogen-bond acceptors (Lipinski definition) is 6. The molecule has 0 amide bonds. The van der Waals surface area contributed by atoms with Gasteiger partial charge in [0.05, 0.1) is 25.6 Å². The normalized spacial score (nSPS) is 10.7. The number of hydrogen-bond donors (Lipinski definition) is 0. The Balaban J connectivity index is 1.97. The number of nitriles is 2.